The highest BCUT2D eigenvalue weighted by atomic mass is 16.6. The summed E-state index contributed by atoms with van der Waals surface area (Å²) in [5, 5.41) is 26.4. The Hall–Kier alpha value is -3.91. The predicted molar refractivity (Wildman–Crippen MR) is 124 cm³/mol. The lowest BCUT2D eigenvalue weighted by Crippen LogP contribution is -2.45. The minimum Gasteiger partial charge on any atom is -0.480 e. The minimum atomic E-state index is -1.20. The molecule has 0 fully saturated rings. The van der Waals surface area contributed by atoms with Crippen LogP contribution in [0.15, 0.2) is 0 Å². The largest absolute Gasteiger partial charge is 0.480 e. The Balaban J connectivity index is 4.54. The van der Waals surface area contributed by atoms with Crippen molar-refractivity contribution in [2.75, 3.05) is 39.3 Å². The maximum atomic E-state index is 12.5. The van der Waals surface area contributed by atoms with Crippen molar-refractivity contribution < 1.29 is 48.5 Å². The number of carbonyl (C=O) groups excluding carboxylic acids is 5. The second-order valence-corrected chi connectivity index (χ2v) is 8.51. The van der Waals surface area contributed by atoms with E-state index in [1.165, 1.54) is 4.90 Å². The monoisotopic (exact) mass is 517 g/mol. The molecule has 15 heteroatoms. The summed E-state index contributed by atoms with van der Waals surface area (Å²) in [6.45, 7) is 4.10. The molecular formula is C21H35N5O10. The molecule has 0 rings (SSSR count). The van der Waals surface area contributed by atoms with Crippen LogP contribution in [0, 0.1) is 0 Å². The quantitative estimate of drug-likeness (QED) is 0.138. The molecule has 0 heterocycles. The van der Waals surface area contributed by atoms with Gasteiger partial charge in [-0.3, -0.25) is 28.8 Å². The van der Waals surface area contributed by atoms with Gasteiger partial charge in [0.2, 0.25) is 23.6 Å². The van der Waals surface area contributed by atoms with Crippen molar-refractivity contribution in [3.8, 4) is 0 Å². The second-order valence-electron chi connectivity index (χ2n) is 8.51. The van der Waals surface area contributed by atoms with Crippen LogP contribution in [0.2, 0.25) is 0 Å². The van der Waals surface area contributed by atoms with E-state index in [1.54, 1.807) is 20.8 Å². The molecule has 6 N–H and O–H groups in total. The van der Waals surface area contributed by atoms with Crippen LogP contribution in [0.4, 0.5) is 4.79 Å². The summed E-state index contributed by atoms with van der Waals surface area (Å²) in [5.74, 6) is -4.52. The van der Waals surface area contributed by atoms with Crippen LogP contribution in [-0.4, -0.2) is 102 Å². The van der Waals surface area contributed by atoms with Crippen LogP contribution in [-0.2, 0) is 33.5 Å². The summed E-state index contributed by atoms with van der Waals surface area (Å²) in [7, 11) is 0. The average Bonchev–Trinajstić information content (AvgIpc) is 2.76. The molecule has 0 aromatic carbocycles. The number of ether oxygens (including phenoxy) is 1. The molecule has 0 saturated carbocycles. The molecule has 0 unspecified atom stereocenters. The van der Waals surface area contributed by atoms with E-state index in [0.29, 0.717) is 0 Å². The van der Waals surface area contributed by atoms with E-state index in [4.69, 9.17) is 14.9 Å². The van der Waals surface area contributed by atoms with Crippen molar-refractivity contribution in [2.45, 2.75) is 52.1 Å². The Labute approximate surface area is 208 Å². The SMILES string of the molecule is CC(C)(C)OC(=O)N(CCNC(=O)CCC(=O)NCC(=O)O)CCNC(=O)CCC(=O)NCC(=O)O. The van der Waals surface area contributed by atoms with Gasteiger partial charge in [0, 0.05) is 51.9 Å². The number of hydrogen-bond donors (Lipinski definition) is 6. The molecule has 0 spiro atoms. The molecule has 0 saturated heterocycles. The lowest BCUT2D eigenvalue weighted by atomic mass is 10.2. The van der Waals surface area contributed by atoms with Crippen molar-refractivity contribution in [1.29, 1.82) is 0 Å². The highest BCUT2D eigenvalue weighted by Crippen LogP contribution is 2.09. The highest BCUT2D eigenvalue weighted by molar-refractivity contribution is 5.86. The number of carbonyl (C=O) groups is 7. The van der Waals surface area contributed by atoms with Crippen LogP contribution in [0.3, 0.4) is 0 Å². The van der Waals surface area contributed by atoms with Crippen LogP contribution in [0.5, 0.6) is 0 Å². The van der Waals surface area contributed by atoms with Crippen LogP contribution in [0.25, 0.3) is 0 Å². The number of carboxylic acid groups (broad SMARTS) is 2. The number of nitrogens with zero attached hydrogens (tertiary/aromatic N) is 1. The maximum Gasteiger partial charge on any atom is 0.410 e. The summed E-state index contributed by atoms with van der Waals surface area (Å²) in [6.07, 6.45) is -1.42. The van der Waals surface area contributed by atoms with Crippen molar-refractivity contribution in [3.63, 3.8) is 0 Å². The third-order valence-corrected chi connectivity index (χ3v) is 4.09. The first kappa shape index (κ1) is 32.1. The minimum absolute atomic E-state index is 0.0342. The second kappa shape index (κ2) is 16.7. The maximum absolute atomic E-state index is 12.5. The molecule has 0 bridgehead atoms. The third-order valence-electron chi connectivity index (χ3n) is 4.09. The lowest BCUT2D eigenvalue weighted by molar-refractivity contribution is -0.138. The number of aliphatic carboxylic acids is 2. The molecule has 0 aliphatic rings. The zero-order valence-electron chi connectivity index (χ0n) is 20.7. The third kappa shape index (κ3) is 18.5. The molecule has 0 aliphatic heterocycles. The molecule has 0 atom stereocenters. The topological polar surface area (TPSA) is 221 Å². The van der Waals surface area contributed by atoms with Crippen LogP contribution < -0.4 is 21.3 Å². The van der Waals surface area contributed by atoms with E-state index in [1.807, 2.05) is 0 Å². The van der Waals surface area contributed by atoms with E-state index in [2.05, 4.69) is 21.3 Å². The van der Waals surface area contributed by atoms with Gasteiger partial charge in [-0.25, -0.2) is 4.79 Å². The molecule has 0 aromatic rings. The van der Waals surface area contributed by atoms with Crippen molar-refractivity contribution in [3.05, 3.63) is 0 Å². The number of amides is 5. The van der Waals surface area contributed by atoms with Gasteiger partial charge in [0.05, 0.1) is 0 Å². The molecule has 0 aromatic heterocycles. The van der Waals surface area contributed by atoms with E-state index in [9.17, 15) is 33.6 Å². The fourth-order valence-corrected chi connectivity index (χ4v) is 2.44. The number of rotatable bonds is 16. The van der Waals surface area contributed by atoms with Crippen LogP contribution >= 0.6 is 0 Å². The van der Waals surface area contributed by atoms with Gasteiger partial charge < -0.3 is 41.1 Å². The molecule has 5 amide bonds. The van der Waals surface area contributed by atoms with Gasteiger partial charge in [-0.15, -0.1) is 0 Å². The van der Waals surface area contributed by atoms with Gasteiger partial charge in [-0.05, 0) is 20.8 Å². The molecule has 204 valence electrons. The predicted octanol–water partition coefficient (Wildman–Crippen LogP) is -1.58. The van der Waals surface area contributed by atoms with E-state index in [-0.39, 0.29) is 51.9 Å². The average molecular weight is 518 g/mol. The molecule has 15 nitrogen and oxygen atoms in total. The lowest BCUT2D eigenvalue weighted by Gasteiger charge is -2.27. The van der Waals surface area contributed by atoms with Gasteiger partial charge in [-0.2, -0.15) is 0 Å². The molecule has 0 aliphatic carbocycles. The Kier molecular flexibility index (Phi) is 14.9. The Bertz CT molecular complexity index is 757. The fraction of sp³-hybridized carbons (Fsp3) is 0.667. The Morgan fingerprint density at radius 1 is 0.639 bits per heavy atom. The van der Waals surface area contributed by atoms with E-state index >= 15 is 0 Å². The summed E-state index contributed by atoms with van der Waals surface area (Å²) in [4.78, 5) is 81.3. The fourth-order valence-electron chi connectivity index (χ4n) is 2.44. The summed E-state index contributed by atoms with van der Waals surface area (Å²) < 4.78 is 5.33. The van der Waals surface area contributed by atoms with Gasteiger partial charge in [0.15, 0.2) is 0 Å². The first-order chi connectivity index (χ1) is 16.7. The van der Waals surface area contributed by atoms with E-state index < -0.39 is 60.4 Å². The Morgan fingerprint density at radius 3 is 1.28 bits per heavy atom. The normalized spacial score (nSPS) is 10.5. The number of hydrogen-bond acceptors (Lipinski definition) is 8. The smallest absolute Gasteiger partial charge is 0.410 e. The highest BCUT2D eigenvalue weighted by Gasteiger charge is 2.22. The van der Waals surface area contributed by atoms with E-state index in [0.717, 1.165) is 0 Å². The Morgan fingerprint density at radius 2 is 0.972 bits per heavy atom. The van der Waals surface area contributed by atoms with Gasteiger partial charge >= 0.3 is 18.0 Å². The zero-order valence-corrected chi connectivity index (χ0v) is 20.7. The van der Waals surface area contributed by atoms with Crippen molar-refractivity contribution in [1.82, 2.24) is 26.2 Å². The standard InChI is InChI=1S/C21H35N5O10/c1-21(2,3)36-20(35)26(10-8-22-14(27)4-6-16(29)24-12-18(31)32)11-9-23-15(28)5-7-17(30)25-13-19(33)34/h4-13H2,1-3H3,(H,22,27)(H,23,28)(H,24,29)(H,25,30)(H,31,32)(H,33,34). The first-order valence-electron chi connectivity index (χ1n) is 11.2. The van der Waals surface area contributed by atoms with Gasteiger partial charge in [0.25, 0.3) is 0 Å². The first-order valence-corrected chi connectivity index (χ1v) is 11.2. The van der Waals surface area contributed by atoms with Gasteiger partial charge in [-0.1, -0.05) is 0 Å². The van der Waals surface area contributed by atoms with Crippen molar-refractivity contribution >= 4 is 41.7 Å². The number of carboxylic acids is 2. The number of nitrogens with one attached hydrogen (secondary N) is 4. The zero-order chi connectivity index (χ0) is 27.7. The summed E-state index contributed by atoms with van der Waals surface area (Å²) in [5.41, 5.74) is -0.783. The summed E-state index contributed by atoms with van der Waals surface area (Å²) >= 11 is 0. The molecule has 36 heavy (non-hydrogen) atoms. The van der Waals surface area contributed by atoms with Crippen LogP contribution in [0.1, 0.15) is 46.5 Å². The summed E-state index contributed by atoms with van der Waals surface area (Å²) in [6, 6.07) is 0. The van der Waals surface area contributed by atoms with Gasteiger partial charge in [0.1, 0.15) is 18.7 Å². The molecular weight excluding hydrogens is 482 g/mol. The molecule has 0 radical (unpaired) electrons. The van der Waals surface area contributed by atoms with Crippen molar-refractivity contribution in [2.24, 2.45) is 0 Å².